The topological polar surface area (TPSA) is 101 Å². The first kappa shape index (κ1) is 37.5. The van der Waals surface area contributed by atoms with Gasteiger partial charge in [-0.1, -0.05) is 194 Å². The minimum atomic E-state index is 0.554. The molecule has 62 heavy (non-hydrogen) atoms. The van der Waals surface area contributed by atoms with E-state index in [1.54, 1.807) is 0 Å². The maximum Gasteiger partial charge on any atom is 0.164 e. The van der Waals surface area contributed by atoms with Crippen molar-refractivity contribution in [3.05, 3.63) is 218 Å². The summed E-state index contributed by atoms with van der Waals surface area (Å²) >= 11 is 0. The van der Waals surface area contributed by atoms with E-state index >= 15 is 0 Å². The third kappa shape index (κ3) is 7.75. The summed E-state index contributed by atoms with van der Waals surface area (Å²) in [5.41, 5.74) is 12.0. The summed E-state index contributed by atoms with van der Waals surface area (Å²) < 4.78 is 0. The number of hydrogen-bond donors (Lipinski definition) is 0. The number of nitrogens with zero attached hydrogens (tertiary/aromatic N) is 7. The quantitative estimate of drug-likeness (QED) is 0.143. The number of benzene rings is 8. The van der Waals surface area contributed by atoms with Crippen LogP contribution >= 0.6 is 0 Å². The predicted octanol–water partition coefficient (Wildman–Crippen LogP) is 12.9. The van der Waals surface area contributed by atoms with Crippen LogP contribution in [-0.4, -0.2) is 29.9 Å². The Labute approximate surface area is 359 Å². The molecular formula is C55H35N7. The third-order valence-corrected chi connectivity index (χ3v) is 10.7. The van der Waals surface area contributed by atoms with Gasteiger partial charge in [0.25, 0.3) is 0 Å². The first-order valence-corrected chi connectivity index (χ1v) is 20.3. The van der Waals surface area contributed by atoms with E-state index in [0.717, 1.165) is 66.8 Å². The molecule has 2 aromatic heterocycles. The summed E-state index contributed by atoms with van der Waals surface area (Å²) in [6.07, 6.45) is 0. The highest BCUT2D eigenvalue weighted by Gasteiger charge is 2.20. The first-order chi connectivity index (χ1) is 30.7. The van der Waals surface area contributed by atoms with Crippen LogP contribution < -0.4 is 0 Å². The zero-order chi connectivity index (χ0) is 41.7. The van der Waals surface area contributed by atoms with Gasteiger partial charge in [0.2, 0.25) is 0 Å². The molecule has 0 N–H and O–H groups in total. The van der Waals surface area contributed by atoms with E-state index in [0.29, 0.717) is 40.5 Å². The van der Waals surface area contributed by atoms with Crippen molar-refractivity contribution < 1.29 is 0 Å². The first-order valence-electron chi connectivity index (χ1n) is 20.3. The molecule has 0 amide bonds. The van der Waals surface area contributed by atoms with Crippen molar-refractivity contribution >= 4 is 0 Å². The standard InChI is InChI=1S/C55H35N7/c56-36-37-27-29-38(30-28-37)45-23-13-24-46(35-45)54-59-50(41-17-7-2-8-18-41)57-53(60-54)44-33-31-40(32-34-44)49-47(39-15-5-1-6-16-39)25-14-26-48(49)55-61-51(42-19-9-3-10-20-42)58-52(62-55)43-21-11-4-12-22-43/h1-35H. The van der Waals surface area contributed by atoms with Crippen LogP contribution in [0.15, 0.2) is 212 Å². The van der Waals surface area contributed by atoms with Crippen LogP contribution in [0.3, 0.4) is 0 Å². The monoisotopic (exact) mass is 793 g/mol. The summed E-state index contributed by atoms with van der Waals surface area (Å²) in [6, 6.07) is 73.0. The molecule has 0 fully saturated rings. The molecule has 0 unspecified atom stereocenters. The Morgan fingerprint density at radius 3 is 1.11 bits per heavy atom. The molecule has 0 radical (unpaired) electrons. The lowest BCUT2D eigenvalue weighted by atomic mass is 9.89. The van der Waals surface area contributed by atoms with E-state index in [-0.39, 0.29) is 0 Å². The van der Waals surface area contributed by atoms with Gasteiger partial charge in [0.05, 0.1) is 11.6 Å². The highest BCUT2D eigenvalue weighted by Crippen LogP contribution is 2.40. The maximum atomic E-state index is 9.33. The van der Waals surface area contributed by atoms with E-state index in [2.05, 4.69) is 78.9 Å². The maximum absolute atomic E-state index is 9.33. The second kappa shape index (κ2) is 16.9. The Morgan fingerprint density at radius 1 is 0.258 bits per heavy atom. The summed E-state index contributed by atoms with van der Waals surface area (Å²) in [5, 5.41) is 9.33. The normalized spacial score (nSPS) is 10.9. The predicted molar refractivity (Wildman–Crippen MR) is 247 cm³/mol. The van der Waals surface area contributed by atoms with Crippen molar-refractivity contribution in [2.75, 3.05) is 0 Å². The van der Waals surface area contributed by atoms with Crippen LogP contribution in [0.25, 0.3) is 102 Å². The average molecular weight is 794 g/mol. The summed E-state index contributed by atoms with van der Waals surface area (Å²) in [6.45, 7) is 0. The Kier molecular flexibility index (Phi) is 10.2. The molecule has 2 heterocycles. The molecule has 0 aliphatic heterocycles. The van der Waals surface area contributed by atoms with Gasteiger partial charge < -0.3 is 0 Å². The smallest absolute Gasteiger partial charge is 0.164 e. The van der Waals surface area contributed by atoms with Gasteiger partial charge in [-0.05, 0) is 46.0 Å². The highest BCUT2D eigenvalue weighted by molar-refractivity contribution is 5.94. The van der Waals surface area contributed by atoms with Crippen LogP contribution in [0.5, 0.6) is 0 Å². The fourth-order valence-corrected chi connectivity index (χ4v) is 7.55. The second-order valence-corrected chi connectivity index (χ2v) is 14.7. The number of nitriles is 1. The largest absolute Gasteiger partial charge is 0.208 e. The van der Waals surface area contributed by atoms with Gasteiger partial charge in [-0.25, -0.2) is 29.9 Å². The van der Waals surface area contributed by atoms with Crippen LogP contribution in [0.1, 0.15) is 5.56 Å². The molecule has 7 nitrogen and oxygen atoms in total. The van der Waals surface area contributed by atoms with E-state index in [1.165, 1.54) is 0 Å². The lowest BCUT2D eigenvalue weighted by molar-refractivity contribution is 1.07. The molecule has 8 aromatic carbocycles. The molecule has 0 aliphatic carbocycles. The summed E-state index contributed by atoms with van der Waals surface area (Å²) in [7, 11) is 0. The minimum Gasteiger partial charge on any atom is -0.208 e. The highest BCUT2D eigenvalue weighted by atomic mass is 15.0. The number of aromatic nitrogens is 6. The molecule has 0 aliphatic rings. The molecule has 0 bridgehead atoms. The molecule has 10 aromatic rings. The Bertz CT molecular complexity index is 3150. The van der Waals surface area contributed by atoms with Gasteiger partial charge in [0.15, 0.2) is 34.9 Å². The van der Waals surface area contributed by atoms with Crippen LogP contribution in [0, 0.1) is 11.3 Å². The van der Waals surface area contributed by atoms with Crippen molar-refractivity contribution in [1.29, 1.82) is 5.26 Å². The van der Waals surface area contributed by atoms with Gasteiger partial charge in [0, 0.05) is 38.9 Å². The number of hydrogen-bond acceptors (Lipinski definition) is 7. The Morgan fingerprint density at radius 2 is 0.613 bits per heavy atom. The summed E-state index contributed by atoms with van der Waals surface area (Å²) in [4.78, 5) is 30.3. The molecule has 0 atom stereocenters. The average Bonchev–Trinajstić information content (AvgIpc) is 3.37. The second-order valence-electron chi connectivity index (χ2n) is 14.7. The van der Waals surface area contributed by atoms with Gasteiger partial charge in [-0.15, -0.1) is 0 Å². The molecular weight excluding hydrogens is 759 g/mol. The molecule has 290 valence electrons. The van der Waals surface area contributed by atoms with E-state index in [9.17, 15) is 5.26 Å². The van der Waals surface area contributed by atoms with Crippen LogP contribution in [-0.2, 0) is 0 Å². The SMILES string of the molecule is N#Cc1ccc(-c2cccc(-c3nc(-c4ccccc4)nc(-c4ccc(-c5c(-c6ccccc6)cccc5-c5nc(-c6ccccc6)nc(-c6ccccc6)n5)cc4)n3)c2)cc1. The van der Waals surface area contributed by atoms with E-state index < -0.39 is 0 Å². The lowest BCUT2D eigenvalue weighted by Gasteiger charge is -2.17. The van der Waals surface area contributed by atoms with Crippen molar-refractivity contribution in [2.45, 2.75) is 0 Å². The van der Waals surface area contributed by atoms with Crippen molar-refractivity contribution in [3.8, 4) is 108 Å². The van der Waals surface area contributed by atoms with Crippen molar-refractivity contribution in [2.24, 2.45) is 0 Å². The van der Waals surface area contributed by atoms with E-state index in [4.69, 9.17) is 29.9 Å². The van der Waals surface area contributed by atoms with Crippen molar-refractivity contribution in [3.63, 3.8) is 0 Å². The molecule has 0 saturated heterocycles. The van der Waals surface area contributed by atoms with Gasteiger partial charge in [0.1, 0.15) is 0 Å². The van der Waals surface area contributed by atoms with Crippen LogP contribution in [0.2, 0.25) is 0 Å². The zero-order valence-electron chi connectivity index (χ0n) is 33.3. The molecule has 7 heteroatoms. The van der Waals surface area contributed by atoms with E-state index in [1.807, 2.05) is 140 Å². The Balaban J connectivity index is 1.11. The minimum absolute atomic E-state index is 0.554. The van der Waals surface area contributed by atoms with Gasteiger partial charge >= 0.3 is 0 Å². The third-order valence-electron chi connectivity index (χ3n) is 10.7. The Hall–Kier alpha value is -8.73. The molecule has 10 rings (SSSR count). The van der Waals surface area contributed by atoms with Gasteiger partial charge in [-0.3, -0.25) is 0 Å². The summed E-state index contributed by atoms with van der Waals surface area (Å²) in [5.74, 6) is 3.47. The van der Waals surface area contributed by atoms with Crippen molar-refractivity contribution in [1.82, 2.24) is 29.9 Å². The number of rotatable bonds is 9. The van der Waals surface area contributed by atoms with Gasteiger partial charge in [-0.2, -0.15) is 5.26 Å². The lowest BCUT2D eigenvalue weighted by Crippen LogP contribution is -2.02. The van der Waals surface area contributed by atoms with Crippen LogP contribution in [0.4, 0.5) is 0 Å². The molecule has 0 saturated carbocycles. The fourth-order valence-electron chi connectivity index (χ4n) is 7.55. The zero-order valence-corrected chi connectivity index (χ0v) is 33.3. The molecule has 0 spiro atoms. The fraction of sp³-hybridized carbons (Fsp3) is 0.